The summed E-state index contributed by atoms with van der Waals surface area (Å²) in [7, 11) is 3.14. The minimum Gasteiger partial charge on any atom is -0.497 e. The summed E-state index contributed by atoms with van der Waals surface area (Å²) in [6.45, 7) is 2.17. The Labute approximate surface area is 144 Å². The smallest absolute Gasteiger partial charge is 0.261 e. The number of methoxy groups -OCH3 is 2. The third-order valence-electron chi connectivity index (χ3n) is 3.27. The molecule has 0 aliphatic heterocycles. The molecule has 0 saturated carbocycles. The number of aryl methyl sites for hydroxylation is 1. The second kappa shape index (κ2) is 8.35. The third kappa shape index (κ3) is 4.99. The first kappa shape index (κ1) is 17.8. The van der Waals surface area contributed by atoms with E-state index >= 15 is 0 Å². The predicted octanol–water partition coefficient (Wildman–Crippen LogP) is 2.12. The number of ether oxygens (including phenoxy) is 2. The van der Waals surface area contributed by atoms with E-state index in [9.17, 15) is 9.59 Å². The third-order valence-corrected chi connectivity index (χ3v) is 4.27. The molecule has 0 radical (unpaired) electrons. The summed E-state index contributed by atoms with van der Waals surface area (Å²) in [4.78, 5) is 25.4. The van der Waals surface area contributed by atoms with E-state index in [2.05, 4.69) is 10.6 Å². The zero-order valence-corrected chi connectivity index (χ0v) is 14.7. The van der Waals surface area contributed by atoms with Gasteiger partial charge >= 0.3 is 0 Å². The highest BCUT2D eigenvalue weighted by molar-refractivity contribution is 7.13. The van der Waals surface area contributed by atoms with Crippen molar-refractivity contribution in [1.82, 2.24) is 10.6 Å². The van der Waals surface area contributed by atoms with Crippen LogP contribution in [0.15, 0.2) is 30.3 Å². The average Bonchev–Trinajstić information content (AvgIpc) is 3.03. The Bertz CT molecular complexity index is 705. The van der Waals surface area contributed by atoms with Crippen molar-refractivity contribution in [1.29, 1.82) is 0 Å². The minimum absolute atomic E-state index is 0.0725. The molecule has 7 heteroatoms. The molecule has 1 heterocycles. The molecule has 0 bridgehead atoms. The number of rotatable bonds is 7. The molecule has 1 aromatic heterocycles. The fourth-order valence-electron chi connectivity index (χ4n) is 2.04. The molecule has 0 unspecified atom stereocenters. The van der Waals surface area contributed by atoms with Crippen molar-refractivity contribution in [2.24, 2.45) is 0 Å². The summed E-state index contributed by atoms with van der Waals surface area (Å²) >= 11 is 1.39. The Morgan fingerprint density at radius 3 is 2.25 bits per heavy atom. The van der Waals surface area contributed by atoms with Gasteiger partial charge in [0.2, 0.25) is 5.91 Å². The molecular formula is C17H20N2O4S. The number of hydrogen-bond donors (Lipinski definition) is 2. The van der Waals surface area contributed by atoms with Crippen molar-refractivity contribution >= 4 is 23.2 Å². The molecule has 1 aromatic carbocycles. The molecule has 24 heavy (non-hydrogen) atoms. The second-order valence-electron chi connectivity index (χ2n) is 5.09. The maximum Gasteiger partial charge on any atom is 0.261 e. The first-order valence-corrected chi connectivity index (χ1v) is 8.16. The first-order valence-electron chi connectivity index (χ1n) is 7.35. The molecule has 0 saturated heterocycles. The Hall–Kier alpha value is -2.54. The molecule has 0 aliphatic carbocycles. The van der Waals surface area contributed by atoms with Crippen LogP contribution in [0.25, 0.3) is 0 Å². The molecule has 6 nitrogen and oxygen atoms in total. The molecule has 0 atom stereocenters. The van der Waals surface area contributed by atoms with E-state index in [0.717, 1.165) is 10.4 Å². The van der Waals surface area contributed by atoms with Gasteiger partial charge in [0.1, 0.15) is 11.5 Å². The van der Waals surface area contributed by atoms with Crippen LogP contribution in [-0.4, -0.2) is 32.6 Å². The van der Waals surface area contributed by atoms with Crippen molar-refractivity contribution in [3.63, 3.8) is 0 Å². The highest BCUT2D eigenvalue weighted by Gasteiger charge is 2.10. The van der Waals surface area contributed by atoms with Gasteiger partial charge in [-0.15, -0.1) is 11.3 Å². The van der Waals surface area contributed by atoms with Crippen molar-refractivity contribution in [2.75, 3.05) is 20.8 Å². The summed E-state index contributed by atoms with van der Waals surface area (Å²) in [5.74, 6) is 0.796. The van der Waals surface area contributed by atoms with Gasteiger partial charge in [-0.3, -0.25) is 9.59 Å². The largest absolute Gasteiger partial charge is 0.497 e. The first-order chi connectivity index (χ1) is 11.5. The fraction of sp³-hybridized carbons (Fsp3) is 0.294. The number of benzene rings is 1. The molecule has 0 aliphatic rings. The molecule has 0 fully saturated rings. The van der Waals surface area contributed by atoms with E-state index < -0.39 is 0 Å². The lowest BCUT2D eigenvalue weighted by molar-refractivity contribution is -0.120. The van der Waals surface area contributed by atoms with E-state index in [-0.39, 0.29) is 18.4 Å². The Morgan fingerprint density at radius 1 is 1.04 bits per heavy atom. The van der Waals surface area contributed by atoms with E-state index in [0.29, 0.717) is 22.9 Å². The molecule has 128 valence electrons. The van der Waals surface area contributed by atoms with Gasteiger partial charge in [-0.25, -0.2) is 0 Å². The van der Waals surface area contributed by atoms with Gasteiger partial charge in [0.05, 0.1) is 25.6 Å². The van der Waals surface area contributed by atoms with E-state index in [1.807, 2.05) is 25.1 Å². The zero-order valence-electron chi connectivity index (χ0n) is 13.8. The Morgan fingerprint density at radius 2 is 1.71 bits per heavy atom. The lowest BCUT2D eigenvalue weighted by Gasteiger charge is -2.10. The SMILES string of the molecule is COc1cc(CNC(=O)CNC(=O)c2ccc(C)s2)cc(OC)c1. The normalized spacial score (nSPS) is 10.1. The van der Waals surface area contributed by atoms with Gasteiger partial charge in [-0.1, -0.05) is 0 Å². The lowest BCUT2D eigenvalue weighted by atomic mass is 10.2. The summed E-state index contributed by atoms with van der Waals surface area (Å²) < 4.78 is 10.4. The van der Waals surface area contributed by atoms with Crippen LogP contribution in [-0.2, 0) is 11.3 Å². The summed E-state index contributed by atoms with van der Waals surface area (Å²) in [5.41, 5.74) is 0.847. The van der Waals surface area contributed by atoms with E-state index in [1.165, 1.54) is 11.3 Å². The molecule has 2 amide bonds. The van der Waals surface area contributed by atoms with Crippen LogP contribution < -0.4 is 20.1 Å². The van der Waals surface area contributed by atoms with Gasteiger partial charge < -0.3 is 20.1 Å². The van der Waals surface area contributed by atoms with Crippen LogP contribution in [0.1, 0.15) is 20.1 Å². The maximum atomic E-state index is 11.9. The van der Waals surface area contributed by atoms with Crippen LogP contribution in [0, 0.1) is 6.92 Å². The van der Waals surface area contributed by atoms with Crippen LogP contribution in [0.2, 0.25) is 0 Å². The topological polar surface area (TPSA) is 76.7 Å². The quantitative estimate of drug-likeness (QED) is 0.804. The molecule has 0 spiro atoms. The fourth-order valence-corrected chi connectivity index (χ4v) is 2.82. The van der Waals surface area contributed by atoms with Crippen molar-refractivity contribution in [3.8, 4) is 11.5 Å². The number of nitrogens with one attached hydrogen (secondary N) is 2. The van der Waals surface area contributed by atoms with Gasteiger partial charge in [-0.2, -0.15) is 0 Å². The molecular weight excluding hydrogens is 328 g/mol. The standard InChI is InChI=1S/C17H20N2O4S/c1-11-4-5-15(24-11)17(21)19-10-16(20)18-9-12-6-13(22-2)8-14(7-12)23-3/h4-8H,9-10H2,1-3H3,(H,18,20)(H,19,21). The predicted molar refractivity (Wildman–Crippen MR) is 92.8 cm³/mol. The number of carbonyl (C=O) groups is 2. The van der Waals surface area contributed by atoms with Gasteiger partial charge in [0.15, 0.2) is 0 Å². The average molecular weight is 348 g/mol. The van der Waals surface area contributed by atoms with Crippen molar-refractivity contribution < 1.29 is 19.1 Å². The van der Waals surface area contributed by atoms with E-state index in [1.54, 1.807) is 26.4 Å². The van der Waals surface area contributed by atoms with Gasteiger partial charge in [0, 0.05) is 17.5 Å². The minimum atomic E-state index is -0.265. The highest BCUT2D eigenvalue weighted by atomic mass is 32.1. The van der Waals surface area contributed by atoms with Crippen LogP contribution in [0.4, 0.5) is 0 Å². The lowest BCUT2D eigenvalue weighted by Crippen LogP contribution is -2.36. The van der Waals surface area contributed by atoms with Gasteiger partial charge in [-0.05, 0) is 36.8 Å². The number of amides is 2. The summed E-state index contributed by atoms with van der Waals surface area (Å²) in [6.07, 6.45) is 0. The zero-order chi connectivity index (χ0) is 17.5. The monoisotopic (exact) mass is 348 g/mol. The molecule has 2 N–H and O–H groups in total. The number of carbonyl (C=O) groups excluding carboxylic acids is 2. The van der Waals surface area contributed by atoms with Crippen molar-refractivity contribution in [2.45, 2.75) is 13.5 Å². The highest BCUT2D eigenvalue weighted by Crippen LogP contribution is 2.22. The summed E-state index contributed by atoms with van der Waals surface area (Å²) in [6, 6.07) is 9.01. The van der Waals surface area contributed by atoms with Gasteiger partial charge in [0.25, 0.3) is 5.91 Å². The van der Waals surface area contributed by atoms with Crippen LogP contribution >= 0.6 is 11.3 Å². The second-order valence-corrected chi connectivity index (χ2v) is 6.38. The van der Waals surface area contributed by atoms with Crippen molar-refractivity contribution in [3.05, 3.63) is 45.6 Å². The van der Waals surface area contributed by atoms with E-state index in [4.69, 9.17) is 9.47 Å². The number of hydrogen-bond acceptors (Lipinski definition) is 5. The number of thiophene rings is 1. The summed E-state index contributed by atoms with van der Waals surface area (Å²) in [5, 5.41) is 5.36. The maximum absolute atomic E-state index is 11.9. The Balaban J connectivity index is 1.84. The Kier molecular flexibility index (Phi) is 6.20. The molecule has 2 aromatic rings. The van der Waals surface area contributed by atoms with Crippen LogP contribution in [0.3, 0.4) is 0 Å². The molecule has 2 rings (SSSR count). The van der Waals surface area contributed by atoms with Crippen LogP contribution in [0.5, 0.6) is 11.5 Å².